The second-order valence-electron chi connectivity index (χ2n) is 5.96. The van der Waals surface area contributed by atoms with Crippen LogP contribution in [0.3, 0.4) is 0 Å². The van der Waals surface area contributed by atoms with Gasteiger partial charge in [0, 0.05) is 32.8 Å². The molecular weight excluding hydrogens is 298 g/mol. The van der Waals surface area contributed by atoms with Crippen LogP contribution in [0.15, 0.2) is 22.8 Å². The average Bonchev–Trinajstić information content (AvgIpc) is 3.26. The normalized spacial score (nSPS) is 22.3. The number of hydrogen-bond donors (Lipinski definition) is 1. The van der Waals surface area contributed by atoms with Gasteiger partial charge in [-0.2, -0.15) is 0 Å². The van der Waals surface area contributed by atoms with Gasteiger partial charge >= 0.3 is 0 Å². The van der Waals surface area contributed by atoms with Gasteiger partial charge in [0.15, 0.2) is 0 Å². The molecule has 23 heavy (non-hydrogen) atoms. The van der Waals surface area contributed by atoms with Crippen molar-refractivity contribution < 1.29 is 18.7 Å². The largest absolute Gasteiger partial charge is 0.467 e. The molecule has 0 saturated carbocycles. The summed E-state index contributed by atoms with van der Waals surface area (Å²) < 4.78 is 10.6. The van der Waals surface area contributed by atoms with Gasteiger partial charge in [0.1, 0.15) is 11.9 Å². The third-order valence-corrected chi connectivity index (χ3v) is 4.30. The Morgan fingerprint density at radius 1 is 1.26 bits per heavy atom. The Morgan fingerprint density at radius 3 is 2.74 bits per heavy atom. The fraction of sp³-hybridized carbons (Fsp3) is 0.625. The van der Waals surface area contributed by atoms with E-state index in [1.54, 1.807) is 12.3 Å². The van der Waals surface area contributed by atoms with E-state index < -0.39 is 0 Å². The first-order valence-corrected chi connectivity index (χ1v) is 8.14. The summed E-state index contributed by atoms with van der Waals surface area (Å²) in [5.74, 6) is 0.815. The van der Waals surface area contributed by atoms with Gasteiger partial charge in [-0.1, -0.05) is 0 Å². The molecule has 7 heteroatoms. The lowest BCUT2D eigenvalue weighted by Crippen LogP contribution is -2.53. The summed E-state index contributed by atoms with van der Waals surface area (Å²) >= 11 is 0. The van der Waals surface area contributed by atoms with Crippen molar-refractivity contribution in [3.8, 4) is 0 Å². The number of furan rings is 1. The van der Waals surface area contributed by atoms with E-state index >= 15 is 0 Å². The number of carbonyl (C=O) groups excluding carboxylic acids is 2. The maximum atomic E-state index is 12.3. The number of nitrogens with zero attached hydrogens (tertiary/aromatic N) is 2. The monoisotopic (exact) mass is 321 g/mol. The van der Waals surface area contributed by atoms with Crippen LogP contribution in [-0.2, 0) is 20.9 Å². The maximum absolute atomic E-state index is 12.3. The first-order valence-electron chi connectivity index (χ1n) is 8.14. The molecule has 1 aromatic rings. The van der Waals surface area contributed by atoms with Gasteiger partial charge in [-0.15, -0.1) is 0 Å². The van der Waals surface area contributed by atoms with Crippen molar-refractivity contribution in [2.75, 3.05) is 39.3 Å². The Bertz CT molecular complexity index is 517. The molecular formula is C16H23N3O4. The second-order valence-corrected chi connectivity index (χ2v) is 5.96. The molecule has 2 aliphatic heterocycles. The molecule has 1 atom stereocenters. The molecule has 2 fully saturated rings. The minimum atomic E-state index is -0.252. The van der Waals surface area contributed by atoms with E-state index in [1.165, 1.54) is 0 Å². The topological polar surface area (TPSA) is 75.0 Å². The number of piperazine rings is 1. The molecule has 3 heterocycles. The quantitative estimate of drug-likeness (QED) is 0.840. The van der Waals surface area contributed by atoms with E-state index in [-0.39, 0.29) is 17.9 Å². The summed E-state index contributed by atoms with van der Waals surface area (Å²) in [4.78, 5) is 28.1. The van der Waals surface area contributed by atoms with Crippen LogP contribution >= 0.6 is 0 Å². The molecule has 0 radical (unpaired) electrons. The van der Waals surface area contributed by atoms with Crippen molar-refractivity contribution in [1.29, 1.82) is 0 Å². The van der Waals surface area contributed by atoms with Crippen molar-refractivity contribution in [2.24, 2.45) is 0 Å². The number of ether oxygens (including phenoxy) is 1. The molecule has 0 spiro atoms. The predicted molar refractivity (Wildman–Crippen MR) is 82.5 cm³/mol. The van der Waals surface area contributed by atoms with Crippen molar-refractivity contribution in [3.05, 3.63) is 24.2 Å². The summed E-state index contributed by atoms with van der Waals surface area (Å²) in [6.07, 6.45) is 3.13. The summed E-state index contributed by atoms with van der Waals surface area (Å²) in [5.41, 5.74) is 0. The smallest absolute Gasteiger partial charge is 0.251 e. The zero-order valence-electron chi connectivity index (χ0n) is 13.2. The molecule has 2 amide bonds. The molecule has 7 nitrogen and oxygen atoms in total. The maximum Gasteiger partial charge on any atom is 0.251 e. The van der Waals surface area contributed by atoms with Crippen LogP contribution in [0, 0.1) is 0 Å². The Balaban J connectivity index is 1.37. The van der Waals surface area contributed by atoms with E-state index in [0.717, 1.165) is 18.6 Å². The zero-order chi connectivity index (χ0) is 16.1. The predicted octanol–water partition coefficient (Wildman–Crippen LogP) is 0.219. The molecule has 0 aliphatic carbocycles. The van der Waals surface area contributed by atoms with Gasteiger partial charge in [0.25, 0.3) is 5.91 Å². The van der Waals surface area contributed by atoms with E-state index in [0.29, 0.717) is 45.9 Å². The zero-order valence-corrected chi connectivity index (χ0v) is 13.2. The van der Waals surface area contributed by atoms with Gasteiger partial charge in [-0.05, 0) is 25.0 Å². The number of hydrogen-bond acceptors (Lipinski definition) is 5. The van der Waals surface area contributed by atoms with E-state index in [2.05, 4.69) is 10.2 Å². The van der Waals surface area contributed by atoms with Crippen LogP contribution in [0.2, 0.25) is 0 Å². The summed E-state index contributed by atoms with van der Waals surface area (Å²) in [6, 6.07) is 3.63. The lowest BCUT2D eigenvalue weighted by molar-refractivity contribution is -0.142. The van der Waals surface area contributed by atoms with E-state index in [4.69, 9.17) is 9.15 Å². The summed E-state index contributed by atoms with van der Waals surface area (Å²) in [5, 5.41) is 2.84. The molecule has 2 saturated heterocycles. The van der Waals surface area contributed by atoms with Crippen LogP contribution in [0.25, 0.3) is 0 Å². The first kappa shape index (κ1) is 16.0. The van der Waals surface area contributed by atoms with Gasteiger partial charge in [-0.25, -0.2) is 0 Å². The van der Waals surface area contributed by atoms with Gasteiger partial charge in [0.05, 0.1) is 19.4 Å². The van der Waals surface area contributed by atoms with E-state index in [9.17, 15) is 9.59 Å². The highest BCUT2D eigenvalue weighted by atomic mass is 16.5. The van der Waals surface area contributed by atoms with Crippen molar-refractivity contribution in [3.63, 3.8) is 0 Å². The summed E-state index contributed by atoms with van der Waals surface area (Å²) in [6.45, 7) is 4.19. The summed E-state index contributed by atoms with van der Waals surface area (Å²) in [7, 11) is 0. The highest BCUT2D eigenvalue weighted by Gasteiger charge is 2.30. The van der Waals surface area contributed by atoms with Crippen molar-refractivity contribution in [1.82, 2.24) is 15.1 Å². The van der Waals surface area contributed by atoms with Gasteiger partial charge < -0.3 is 19.4 Å². The average molecular weight is 321 g/mol. The number of amides is 2. The third-order valence-electron chi connectivity index (χ3n) is 4.30. The number of carbonyl (C=O) groups is 2. The SMILES string of the molecule is O=C(CN1CCN(C(=O)C2CCCO2)CC1)NCc1ccco1. The molecule has 1 aromatic heterocycles. The fourth-order valence-electron chi connectivity index (χ4n) is 2.96. The van der Waals surface area contributed by atoms with Crippen LogP contribution in [0.4, 0.5) is 0 Å². The Labute approximate surface area is 135 Å². The van der Waals surface area contributed by atoms with Crippen molar-refractivity contribution >= 4 is 11.8 Å². The van der Waals surface area contributed by atoms with Crippen LogP contribution in [-0.4, -0.2) is 67.0 Å². The van der Waals surface area contributed by atoms with Crippen molar-refractivity contribution in [2.45, 2.75) is 25.5 Å². The van der Waals surface area contributed by atoms with Crippen LogP contribution in [0.1, 0.15) is 18.6 Å². The first-order chi connectivity index (χ1) is 11.2. The number of rotatable bonds is 5. The standard InChI is InChI=1S/C16H23N3O4/c20-15(17-11-13-3-1-9-22-13)12-18-5-7-19(8-6-18)16(21)14-4-2-10-23-14/h1,3,9,14H,2,4-8,10-12H2,(H,17,20). The minimum absolute atomic E-state index is 0.0275. The second kappa shape index (κ2) is 7.61. The highest BCUT2D eigenvalue weighted by Crippen LogP contribution is 2.15. The Hall–Kier alpha value is -1.86. The van der Waals surface area contributed by atoms with Crippen LogP contribution < -0.4 is 5.32 Å². The Morgan fingerprint density at radius 2 is 2.09 bits per heavy atom. The molecule has 1 N–H and O–H groups in total. The molecule has 0 aromatic carbocycles. The molecule has 3 rings (SSSR count). The molecule has 0 bridgehead atoms. The minimum Gasteiger partial charge on any atom is -0.467 e. The molecule has 126 valence electrons. The highest BCUT2D eigenvalue weighted by molar-refractivity contribution is 5.81. The fourth-order valence-corrected chi connectivity index (χ4v) is 2.96. The lowest BCUT2D eigenvalue weighted by Gasteiger charge is -2.35. The van der Waals surface area contributed by atoms with Crippen LogP contribution in [0.5, 0.6) is 0 Å². The van der Waals surface area contributed by atoms with Gasteiger partial charge in [0.2, 0.25) is 5.91 Å². The molecule has 2 aliphatic rings. The third kappa shape index (κ3) is 4.33. The molecule has 1 unspecified atom stereocenters. The van der Waals surface area contributed by atoms with E-state index in [1.807, 2.05) is 11.0 Å². The van der Waals surface area contributed by atoms with Gasteiger partial charge in [-0.3, -0.25) is 14.5 Å². The Kier molecular flexibility index (Phi) is 5.30. The lowest BCUT2D eigenvalue weighted by atomic mass is 10.2. The number of nitrogens with one attached hydrogen (secondary N) is 1.